The summed E-state index contributed by atoms with van der Waals surface area (Å²) in [7, 11) is 1.42. The second-order valence-electron chi connectivity index (χ2n) is 4.27. The van der Waals surface area contributed by atoms with E-state index >= 15 is 0 Å². The van der Waals surface area contributed by atoms with Crippen LogP contribution in [0.5, 0.6) is 5.75 Å². The minimum Gasteiger partial charge on any atom is -0.494 e. The Labute approximate surface area is 112 Å². The molecule has 0 fully saturated rings. The van der Waals surface area contributed by atoms with Gasteiger partial charge in [-0.3, -0.25) is 0 Å². The van der Waals surface area contributed by atoms with Crippen molar-refractivity contribution in [3.63, 3.8) is 0 Å². The smallest absolute Gasteiger partial charge is 0.165 e. The second-order valence-corrected chi connectivity index (χ2v) is 4.27. The van der Waals surface area contributed by atoms with Crippen molar-refractivity contribution in [1.82, 2.24) is 0 Å². The molecule has 0 aliphatic carbocycles. The van der Waals surface area contributed by atoms with Gasteiger partial charge in [-0.1, -0.05) is 36.4 Å². The summed E-state index contributed by atoms with van der Waals surface area (Å²) in [6.45, 7) is 0. The zero-order valence-corrected chi connectivity index (χ0v) is 10.6. The molecule has 19 heavy (non-hydrogen) atoms. The predicted octanol–water partition coefficient (Wildman–Crippen LogP) is 3.68. The van der Waals surface area contributed by atoms with Gasteiger partial charge in [-0.15, -0.1) is 0 Å². The molecule has 1 atom stereocenters. The van der Waals surface area contributed by atoms with E-state index in [1.165, 1.54) is 13.2 Å². The summed E-state index contributed by atoms with van der Waals surface area (Å²) < 4.78 is 18.5. The van der Waals surface area contributed by atoms with Crippen LogP contribution in [0, 0.1) is 17.1 Å². The molecule has 0 saturated carbocycles. The minimum absolute atomic E-state index is 0.195. The van der Waals surface area contributed by atoms with Crippen LogP contribution in [0.15, 0.2) is 48.5 Å². The van der Waals surface area contributed by atoms with E-state index in [1.54, 1.807) is 12.1 Å². The van der Waals surface area contributed by atoms with Gasteiger partial charge >= 0.3 is 0 Å². The zero-order chi connectivity index (χ0) is 13.7. The van der Waals surface area contributed by atoms with Gasteiger partial charge in [0.1, 0.15) is 0 Å². The number of rotatable bonds is 4. The van der Waals surface area contributed by atoms with Gasteiger partial charge in [-0.25, -0.2) is 4.39 Å². The summed E-state index contributed by atoms with van der Waals surface area (Å²) in [5, 5.41) is 9.25. The summed E-state index contributed by atoms with van der Waals surface area (Å²) in [5.41, 5.74) is 1.73. The van der Waals surface area contributed by atoms with E-state index in [0.717, 1.165) is 5.56 Å². The molecule has 0 radical (unpaired) electrons. The standard InChI is InChI=1S/C16H14FNO/c1-19-16-8-7-13(10-15(16)17)14(11-18)9-12-5-3-2-4-6-12/h2-8,10,14H,9H2,1H3. The van der Waals surface area contributed by atoms with Crippen molar-refractivity contribution in [3.05, 3.63) is 65.5 Å². The maximum Gasteiger partial charge on any atom is 0.165 e. The number of halogens is 1. The van der Waals surface area contributed by atoms with Crippen LogP contribution in [0.2, 0.25) is 0 Å². The van der Waals surface area contributed by atoms with Gasteiger partial charge in [0.25, 0.3) is 0 Å². The van der Waals surface area contributed by atoms with Crippen LogP contribution in [-0.2, 0) is 6.42 Å². The highest BCUT2D eigenvalue weighted by Gasteiger charge is 2.14. The Kier molecular flexibility index (Phi) is 4.15. The number of ether oxygens (including phenoxy) is 1. The van der Waals surface area contributed by atoms with Crippen molar-refractivity contribution in [1.29, 1.82) is 5.26 Å². The molecule has 3 heteroatoms. The van der Waals surface area contributed by atoms with Crippen molar-refractivity contribution in [2.45, 2.75) is 12.3 Å². The second kappa shape index (κ2) is 6.01. The lowest BCUT2D eigenvalue weighted by molar-refractivity contribution is 0.386. The fourth-order valence-electron chi connectivity index (χ4n) is 1.99. The predicted molar refractivity (Wildman–Crippen MR) is 71.5 cm³/mol. The Balaban J connectivity index is 2.23. The molecule has 0 spiro atoms. The molecule has 0 aliphatic rings. The highest BCUT2D eigenvalue weighted by molar-refractivity contribution is 5.35. The lowest BCUT2D eigenvalue weighted by atomic mass is 9.93. The van der Waals surface area contributed by atoms with Crippen molar-refractivity contribution >= 4 is 0 Å². The Morgan fingerprint density at radius 2 is 1.95 bits per heavy atom. The van der Waals surface area contributed by atoms with E-state index in [9.17, 15) is 9.65 Å². The van der Waals surface area contributed by atoms with Gasteiger partial charge in [-0.2, -0.15) is 5.26 Å². The average molecular weight is 255 g/mol. The number of methoxy groups -OCH3 is 1. The number of nitriles is 1. The average Bonchev–Trinajstić information content (AvgIpc) is 2.46. The minimum atomic E-state index is -0.437. The molecule has 2 rings (SSSR count). The van der Waals surface area contributed by atoms with Crippen molar-refractivity contribution < 1.29 is 9.13 Å². The number of hydrogen-bond donors (Lipinski definition) is 0. The van der Waals surface area contributed by atoms with Gasteiger partial charge in [0.2, 0.25) is 0 Å². The summed E-state index contributed by atoms with van der Waals surface area (Å²) in [4.78, 5) is 0. The van der Waals surface area contributed by atoms with Crippen molar-refractivity contribution in [2.75, 3.05) is 7.11 Å². The molecule has 0 aromatic heterocycles. The lowest BCUT2D eigenvalue weighted by Crippen LogP contribution is -2.01. The first kappa shape index (κ1) is 13.1. The fourth-order valence-corrected chi connectivity index (χ4v) is 1.99. The normalized spacial score (nSPS) is 11.6. The summed E-state index contributed by atoms with van der Waals surface area (Å²) in [5.74, 6) is -0.601. The summed E-state index contributed by atoms with van der Waals surface area (Å²) in [6.07, 6.45) is 0.573. The van der Waals surface area contributed by atoms with E-state index < -0.39 is 5.82 Å². The maximum atomic E-state index is 13.7. The highest BCUT2D eigenvalue weighted by Crippen LogP contribution is 2.25. The van der Waals surface area contributed by atoms with Gasteiger partial charge < -0.3 is 4.74 Å². The molecule has 0 saturated heterocycles. The molecule has 96 valence electrons. The van der Waals surface area contributed by atoms with Crippen LogP contribution in [0.4, 0.5) is 4.39 Å². The van der Waals surface area contributed by atoms with Crippen LogP contribution in [0.25, 0.3) is 0 Å². The van der Waals surface area contributed by atoms with Gasteiger partial charge in [0.05, 0.1) is 19.1 Å². The Morgan fingerprint density at radius 1 is 1.21 bits per heavy atom. The van der Waals surface area contributed by atoms with Crippen molar-refractivity contribution in [3.8, 4) is 11.8 Å². The SMILES string of the molecule is COc1ccc(C(C#N)Cc2ccccc2)cc1F. The Bertz CT molecular complexity index is 589. The molecule has 0 aliphatic heterocycles. The van der Waals surface area contributed by atoms with Gasteiger partial charge in [0, 0.05) is 0 Å². The third kappa shape index (κ3) is 3.11. The molecule has 1 unspecified atom stereocenters. The lowest BCUT2D eigenvalue weighted by Gasteiger charge is -2.11. The van der Waals surface area contributed by atoms with Crippen molar-refractivity contribution in [2.24, 2.45) is 0 Å². The summed E-state index contributed by atoms with van der Waals surface area (Å²) >= 11 is 0. The molecule has 0 bridgehead atoms. The topological polar surface area (TPSA) is 33.0 Å². The first-order valence-electron chi connectivity index (χ1n) is 6.01. The molecule has 0 N–H and O–H groups in total. The third-order valence-corrected chi connectivity index (χ3v) is 3.02. The number of benzene rings is 2. The van der Waals surface area contributed by atoms with E-state index in [1.807, 2.05) is 30.3 Å². The van der Waals surface area contributed by atoms with E-state index in [2.05, 4.69) is 6.07 Å². The third-order valence-electron chi connectivity index (χ3n) is 3.02. The monoisotopic (exact) mass is 255 g/mol. The molecule has 2 aromatic rings. The number of nitrogens with zero attached hydrogens (tertiary/aromatic N) is 1. The van der Waals surface area contributed by atoms with Gasteiger partial charge in [-0.05, 0) is 29.7 Å². The fraction of sp³-hybridized carbons (Fsp3) is 0.188. The van der Waals surface area contributed by atoms with Crippen LogP contribution in [-0.4, -0.2) is 7.11 Å². The van der Waals surface area contributed by atoms with E-state index in [-0.39, 0.29) is 11.7 Å². The largest absolute Gasteiger partial charge is 0.494 e. The van der Waals surface area contributed by atoms with Crippen LogP contribution >= 0.6 is 0 Å². The quantitative estimate of drug-likeness (QED) is 0.834. The maximum absolute atomic E-state index is 13.7. The first-order valence-corrected chi connectivity index (χ1v) is 6.01. The molecular weight excluding hydrogens is 241 g/mol. The number of hydrogen-bond acceptors (Lipinski definition) is 2. The highest BCUT2D eigenvalue weighted by atomic mass is 19.1. The van der Waals surface area contributed by atoms with Crippen LogP contribution in [0.3, 0.4) is 0 Å². The van der Waals surface area contributed by atoms with E-state index in [0.29, 0.717) is 12.0 Å². The molecule has 0 heterocycles. The molecule has 0 amide bonds. The Hall–Kier alpha value is -2.34. The summed E-state index contributed by atoms with van der Waals surface area (Å²) in [6, 6.07) is 16.6. The van der Waals surface area contributed by atoms with E-state index in [4.69, 9.17) is 4.74 Å². The van der Waals surface area contributed by atoms with Crippen LogP contribution < -0.4 is 4.74 Å². The zero-order valence-electron chi connectivity index (χ0n) is 10.6. The molecule has 2 aromatic carbocycles. The molecular formula is C16H14FNO. The van der Waals surface area contributed by atoms with Gasteiger partial charge in [0.15, 0.2) is 11.6 Å². The molecule has 2 nitrogen and oxygen atoms in total. The Morgan fingerprint density at radius 3 is 2.53 bits per heavy atom. The first-order chi connectivity index (χ1) is 9.24. The van der Waals surface area contributed by atoms with Crippen LogP contribution in [0.1, 0.15) is 17.0 Å².